The van der Waals surface area contributed by atoms with Crippen LogP contribution in [-0.4, -0.2) is 0 Å². The van der Waals surface area contributed by atoms with Gasteiger partial charge >= 0.3 is 0 Å². The van der Waals surface area contributed by atoms with Gasteiger partial charge < -0.3 is 5.73 Å². The molecule has 1 nitrogen and oxygen atoms in total. The Morgan fingerprint density at radius 2 is 1.71 bits per heavy atom. The number of rotatable bonds is 2. The Morgan fingerprint density at radius 1 is 1.00 bits per heavy atom. The van der Waals surface area contributed by atoms with E-state index >= 15 is 0 Å². The fourth-order valence-electron chi connectivity index (χ4n) is 2.49. The molecule has 0 aromatic heterocycles. The lowest BCUT2D eigenvalue weighted by molar-refractivity contribution is 0.639. The van der Waals surface area contributed by atoms with Crippen molar-refractivity contribution >= 4 is 38.3 Å². The molecule has 0 aliphatic heterocycles. The van der Waals surface area contributed by atoms with Crippen LogP contribution in [0.2, 0.25) is 5.02 Å². The minimum absolute atomic E-state index is 0.242. The molecule has 0 bridgehead atoms. The summed E-state index contributed by atoms with van der Waals surface area (Å²) in [5.41, 5.74) is 8.13. The molecular weight excluding hydrogens is 353 g/mol. The van der Waals surface area contributed by atoms with E-state index in [1.165, 1.54) is 6.07 Å². The molecule has 4 heteroatoms. The van der Waals surface area contributed by atoms with Crippen LogP contribution in [0.15, 0.2) is 59.1 Å². The molecule has 3 rings (SSSR count). The zero-order valence-corrected chi connectivity index (χ0v) is 13.3. The van der Waals surface area contributed by atoms with Crippen LogP contribution in [0.1, 0.15) is 17.2 Å². The van der Waals surface area contributed by atoms with Crippen molar-refractivity contribution in [2.75, 3.05) is 0 Å². The van der Waals surface area contributed by atoms with Gasteiger partial charge in [0, 0.05) is 14.9 Å². The van der Waals surface area contributed by atoms with Gasteiger partial charge in [-0.3, -0.25) is 0 Å². The fourth-order valence-corrected chi connectivity index (χ4v) is 3.38. The standard InChI is InChI=1S/C17H12BrClFN/c18-11-7-10(8-12(19)9-11)17(21)15-5-6-16(20)14-4-2-1-3-13(14)15/h1-9,17H,21H2. The molecule has 0 saturated heterocycles. The van der Waals surface area contributed by atoms with E-state index in [0.29, 0.717) is 10.4 Å². The second kappa shape index (κ2) is 5.76. The van der Waals surface area contributed by atoms with Crippen molar-refractivity contribution in [1.82, 2.24) is 0 Å². The van der Waals surface area contributed by atoms with Crippen LogP contribution in [0, 0.1) is 5.82 Å². The molecule has 106 valence electrons. The van der Waals surface area contributed by atoms with Crippen molar-refractivity contribution in [3.05, 3.63) is 81.0 Å². The van der Waals surface area contributed by atoms with E-state index in [1.54, 1.807) is 18.2 Å². The molecule has 0 saturated carbocycles. The highest BCUT2D eigenvalue weighted by atomic mass is 79.9. The molecular formula is C17H12BrClFN. The Hall–Kier alpha value is -1.42. The molecule has 3 aromatic carbocycles. The molecule has 0 amide bonds. The SMILES string of the molecule is NC(c1cc(Cl)cc(Br)c1)c1ccc(F)c2ccccc12. The Labute approximate surface area is 135 Å². The number of fused-ring (bicyclic) bond motifs is 1. The molecule has 1 atom stereocenters. The first-order valence-corrected chi connectivity index (χ1v) is 7.62. The lowest BCUT2D eigenvalue weighted by Gasteiger charge is -2.16. The molecule has 21 heavy (non-hydrogen) atoms. The Balaban J connectivity index is 2.18. The lowest BCUT2D eigenvalue weighted by Crippen LogP contribution is -2.12. The smallest absolute Gasteiger partial charge is 0.131 e. The zero-order valence-electron chi connectivity index (χ0n) is 11.0. The van der Waals surface area contributed by atoms with Crippen LogP contribution < -0.4 is 5.73 Å². The van der Waals surface area contributed by atoms with Crippen LogP contribution in [0.3, 0.4) is 0 Å². The highest BCUT2D eigenvalue weighted by Crippen LogP contribution is 2.31. The van der Waals surface area contributed by atoms with Crippen molar-refractivity contribution in [2.45, 2.75) is 6.04 Å². The molecule has 2 N–H and O–H groups in total. The minimum Gasteiger partial charge on any atom is -0.320 e. The van der Waals surface area contributed by atoms with Crippen LogP contribution in [-0.2, 0) is 0 Å². The van der Waals surface area contributed by atoms with Gasteiger partial charge in [0.25, 0.3) is 0 Å². The Morgan fingerprint density at radius 3 is 2.43 bits per heavy atom. The first-order chi connectivity index (χ1) is 10.1. The van der Waals surface area contributed by atoms with E-state index in [2.05, 4.69) is 15.9 Å². The maximum atomic E-state index is 13.9. The summed E-state index contributed by atoms with van der Waals surface area (Å²) in [6, 6.07) is 15.7. The van der Waals surface area contributed by atoms with Gasteiger partial charge in [-0.05, 0) is 40.8 Å². The van der Waals surface area contributed by atoms with E-state index in [-0.39, 0.29) is 11.9 Å². The maximum absolute atomic E-state index is 13.9. The van der Waals surface area contributed by atoms with E-state index in [0.717, 1.165) is 21.0 Å². The largest absolute Gasteiger partial charge is 0.320 e. The second-order valence-corrected chi connectivity index (χ2v) is 6.21. The van der Waals surface area contributed by atoms with Gasteiger partial charge in [-0.15, -0.1) is 0 Å². The van der Waals surface area contributed by atoms with Crippen molar-refractivity contribution in [3.8, 4) is 0 Å². The molecule has 0 aliphatic carbocycles. The molecule has 0 spiro atoms. The predicted octanol–water partition coefficient (Wildman–Crippen LogP) is 5.44. The third-order valence-corrected chi connectivity index (χ3v) is 4.16. The minimum atomic E-state index is -0.370. The van der Waals surface area contributed by atoms with Crippen LogP contribution in [0.5, 0.6) is 0 Å². The Bertz CT molecular complexity index is 799. The maximum Gasteiger partial charge on any atom is 0.131 e. The first-order valence-electron chi connectivity index (χ1n) is 6.45. The molecule has 3 aromatic rings. The molecule has 0 radical (unpaired) electrons. The summed E-state index contributed by atoms with van der Waals surface area (Å²) in [5.74, 6) is -0.242. The summed E-state index contributed by atoms with van der Waals surface area (Å²) in [4.78, 5) is 0. The normalized spacial score (nSPS) is 12.6. The van der Waals surface area contributed by atoms with Gasteiger partial charge in [0.2, 0.25) is 0 Å². The lowest BCUT2D eigenvalue weighted by atomic mass is 9.94. The molecule has 0 heterocycles. The summed E-state index contributed by atoms with van der Waals surface area (Å²) < 4.78 is 14.8. The zero-order chi connectivity index (χ0) is 15.0. The number of hydrogen-bond donors (Lipinski definition) is 1. The quantitative estimate of drug-likeness (QED) is 0.643. The molecule has 1 unspecified atom stereocenters. The summed E-state index contributed by atoms with van der Waals surface area (Å²) in [6.45, 7) is 0. The van der Waals surface area contributed by atoms with Crippen molar-refractivity contribution in [3.63, 3.8) is 0 Å². The van der Waals surface area contributed by atoms with Gasteiger partial charge in [-0.1, -0.05) is 57.9 Å². The summed E-state index contributed by atoms with van der Waals surface area (Å²) >= 11 is 9.49. The molecule has 0 fully saturated rings. The van der Waals surface area contributed by atoms with Gasteiger partial charge in [-0.2, -0.15) is 0 Å². The van der Waals surface area contributed by atoms with Crippen molar-refractivity contribution in [2.24, 2.45) is 5.73 Å². The summed E-state index contributed by atoms with van der Waals surface area (Å²) in [5, 5.41) is 2.01. The third kappa shape index (κ3) is 2.82. The highest BCUT2D eigenvalue weighted by molar-refractivity contribution is 9.10. The van der Waals surface area contributed by atoms with Crippen LogP contribution >= 0.6 is 27.5 Å². The highest BCUT2D eigenvalue weighted by Gasteiger charge is 2.15. The predicted molar refractivity (Wildman–Crippen MR) is 89.1 cm³/mol. The second-order valence-electron chi connectivity index (χ2n) is 4.86. The van der Waals surface area contributed by atoms with E-state index in [1.807, 2.05) is 30.3 Å². The van der Waals surface area contributed by atoms with E-state index in [9.17, 15) is 4.39 Å². The van der Waals surface area contributed by atoms with Crippen molar-refractivity contribution in [1.29, 1.82) is 0 Å². The third-order valence-electron chi connectivity index (χ3n) is 3.48. The first kappa shape index (κ1) is 14.5. The van der Waals surface area contributed by atoms with Crippen LogP contribution in [0.25, 0.3) is 10.8 Å². The van der Waals surface area contributed by atoms with E-state index < -0.39 is 0 Å². The summed E-state index contributed by atoms with van der Waals surface area (Å²) in [6.07, 6.45) is 0. The average molecular weight is 365 g/mol. The van der Waals surface area contributed by atoms with Gasteiger partial charge in [0.05, 0.1) is 6.04 Å². The number of halogens is 3. The van der Waals surface area contributed by atoms with E-state index in [4.69, 9.17) is 17.3 Å². The van der Waals surface area contributed by atoms with Gasteiger partial charge in [0.15, 0.2) is 0 Å². The monoisotopic (exact) mass is 363 g/mol. The van der Waals surface area contributed by atoms with Gasteiger partial charge in [0.1, 0.15) is 5.82 Å². The number of hydrogen-bond acceptors (Lipinski definition) is 1. The Kier molecular flexibility index (Phi) is 3.98. The van der Waals surface area contributed by atoms with Crippen LogP contribution in [0.4, 0.5) is 4.39 Å². The fraction of sp³-hybridized carbons (Fsp3) is 0.0588. The van der Waals surface area contributed by atoms with Gasteiger partial charge in [-0.25, -0.2) is 4.39 Å². The molecule has 0 aliphatic rings. The number of benzene rings is 3. The topological polar surface area (TPSA) is 26.0 Å². The van der Waals surface area contributed by atoms with Crippen molar-refractivity contribution < 1.29 is 4.39 Å². The number of nitrogens with two attached hydrogens (primary N) is 1. The average Bonchev–Trinajstić information content (AvgIpc) is 2.46. The summed E-state index contributed by atoms with van der Waals surface area (Å²) in [7, 11) is 0.